The second-order valence-electron chi connectivity index (χ2n) is 5.50. The molecule has 1 aromatic heterocycles. The van der Waals surface area contributed by atoms with Crippen molar-refractivity contribution < 1.29 is 9.59 Å². The number of anilines is 2. The molecule has 0 unspecified atom stereocenters. The summed E-state index contributed by atoms with van der Waals surface area (Å²) in [6.45, 7) is 1.68. The quantitative estimate of drug-likeness (QED) is 0.872. The average Bonchev–Trinajstić information content (AvgIpc) is 3.16. The van der Waals surface area contributed by atoms with Gasteiger partial charge in [-0.15, -0.1) is 0 Å². The molecule has 2 N–H and O–H groups in total. The fourth-order valence-electron chi connectivity index (χ4n) is 2.59. The topological polar surface area (TPSA) is 79.3 Å². The summed E-state index contributed by atoms with van der Waals surface area (Å²) in [5, 5.41) is 10.1. The van der Waals surface area contributed by atoms with Gasteiger partial charge in [0.05, 0.1) is 17.8 Å². The van der Waals surface area contributed by atoms with Crippen LogP contribution >= 0.6 is 11.6 Å². The van der Waals surface area contributed by atoms with Gasteiger partial charge >= 0.3 is 6.03 Å². The Labute approximate surface area is 144 Å². The van der Waals surface area contributed by atoms with Crippen LogP contribution in [0.4, 0.5) is 16.2 Å². The minimum atomic E-state index is -0.307. The first-order chi connectivity index (χ1) is 11.6. The molecular formula is C16H18ClN5O2. The van der Waals surface area contributed by atoms with Crippen molar-refractivity contribution in [3.63, 3.8) is 0 Å². The lowest BCUT2D eigenvalue weighted by Gasteiger charge is -2.17. The molecule has 2 heterocycles. The lowest BCUT2D eigenvalue weighted by atomic mass is 10.2. The van der Waals surface area contributed by atoms with E-state index in [1.54, 1.807) is 34.1 Å². The molecule has 0 radical (unpaired) electrons. The summed E-state index contributed by atoms with van der Waals surface area (Å²) in [6.07, 6.45) is 4.69. The van der Waals surface area contributed by atoms with Gasteiger partial charge in [-0.25, -0.2) is 4.79 Å². The fraction of sp³-hybridized carbons (Fsp3) is 0.312. The molecule has 0 saturated carbocycles. The number of benzene rings is 1. The van der Waals surface area contributed by atoms with Gasteiger partial charge in [0.2, 0.25) is 5.91 Å². The van der Waals surface area contributed by atoms with E-state index in [9.17, 15) is 9.59 Å². The Morgan fingerprint density at radius 2 is 2.25 bits per heavy atom. The van der Waals surface area contributed by atoms with Crippen LogP contribution in [0.25, 0.3) is 0 Å². The number of amides is 3. The van der Waals surface area contributed by atoms with Crippen molar-refractivity contribution in [1.29, 1.82) is 0 Å². The fourth-order valence-corrected chi connectivity index (χ4v) is 2.75. The lowest BCUT2D eigenvalue weighted by Crippen LogP contribution is -2.31. The molecule has 126 valence electrons. The number of rotatable bonds is 5. The largest absolute Gasteiger partial charge is 0.336 e. The molecule has 1 aliphatic rings. The number of aromatic nitrogens is 2. The van der Waals surface area contributed by atoms with Gasteiger partial charge in [0.1, 0.15) is 0 Å². The SMILES string of the molecule is O=C(NCCn1cc(Cl)cn1)Nc1cccc(N2CCCC2=O)c1. The third kappa shape index (κ3) is 4.05. The normalized spacial score (nSPS) is 14.0. The summed E-state index contributed by atoms with van der Waals surface area (Å²) < 4.78 is 1.65. The van der Waals surface area contributed by atoms with Crippen molar-refractivity contribution >= 4 is 34.9 Å². The van der Waals surface area contributed by atoms with Gasteiger partial charge in [0, 0.05) is 37.1 Å². The molecule has 0 bridgehead atoms. The molecular weight excluding hydrogens is 330 g/mol. The summed E-state index contributed by atoms with van der Waals surface area (Å²) in [5.74, 6) is 0.120. The van der Waals surface area contributed by atoms with Crippen molar-refractivity contribution in [2.24, 2.45) is 0 Å². The highest BCUT2D eigenvalue weighted by molar-refractivity contribution is 6.30. The number of hydrogen-bond donors (Lipinski definition) is 2. The number of carbonyl (C=O) groups excluding carboxylic acids is 2. The highest BCUT2D eigenvalue weighted by Crippen LogP contribution is 2.24. The molecule has 24 heavy (non-hydrogen) atoms. The maximum absolute atomic E-state index is 11.9. The number of nitrogens with zero attached hydrogens (tertiary/aromatic N) is 3. The van der Waals surface area contributed by atoms with Crippen molar-refractivity contribution in [3.05, 3.63) is 41.7 Å². The van der Waals surface area contributed by atoms with Crippen molar-refractivity contribution in [1.82, 2.24) is 15.1 Å². The number of halogens is 1. The van der Waals surface area contributed by atoms with Crippen molar-refractivity contribution in [2.45, 2.75) is 19.4 Å². The van der Waals surface area contributed by atoms with E-state index in [1.165, 1.54) is 0 Å². The Bertz CT molecular complexity index is 746. The maximum Gasteiger partial charge on any atom is 0.319 e. The van der Waals surface area contributed by atoms with Gasteiger partial charge in [-0.1, -0.05) is 17.7 Å². The molecule has 7 nitrogen and oxygen atoms in total. The number of carbonyl (C=O) groups is 2. The van der Waals surface area contributed by atoms with Gasteiger partial charge in [0.25, 0.3) is 0 Å². The third-order valence-electron chi connectivity index (χ3n) is 3.72. The first-order valence-electron chi connectivity index (χ1n) is 7.75. The van der Waals surface area contributed by atoms with Crippen LogP contribution in [0, 0.1) is 0 Å². The molecule has 8 heteroatoms. The van der Waals surface area contributed by atoms with Crippen LogP contribution < -0.4 is 15.5 Å². The van der Waals surface area contributed by atoms with Crippen LogP contribution in [0.1, 0.15) is 12.8 Å². The van der Waals surface area contributed by atoms with Crippen LogP contribution in [0.15, 0.2) is 36.7 Å². The van der Waals surface area contributed by atoms with E-state index in [-0.39, 0.29) is 11.9 Å². The first-order valence-corrected chi connectivity index (χ1v) is 8.13. The summed E-state index contributed by atoms with van der Waals surface area (Å²) in [4.78, 5) is 25.5. The number of urea groups is 1. The van der Waals surface area contributed by atoms with Gasteiger partial charge in [-0.3, -0.25) is 9.48 Å². The standard InChI is InChI=1S/C16H18ClN5O2/c17-12-10-19-21(11-12)8-6-18-16(24)20-13-3-1-4-14(9-13)22-7-2-5-15(22)23/h1,3-4,9-11H,2,5-8H2,(H2,18,20,24). The molecule has 2 aromatic rings. The third-order valence-corrected chi connectivity index (χ3v) is 3.91. The molecule has 1 saturated heterocycles. The average molecular weight is 348 g/mol. The molecule has 3 rings (SSSR count). The van der Waals surface area contributed by atoms with Crippen molar-refractivity contribution in [2.75, 3.05) is 23.3 Å². The molecule has 3 amide bonds. The van der Waals surface area contributed by atoms with Crippen LogP contribution in [-0.4, -0.2) is 34.8 Å². The zero-order valence-electron chi connectivity index (χ0n) is 13.0. The van der Waals surface area contributed by atoms with Crippen LogP contribution in [0.3, 0.4) is 0 Å². The van der Waals surface area contributed by atoms with Crippen molar-refractivity contribution in [3.8, 4) is 0 Å². The van der Waals surface area contributed by atoms with E-state index >= 15 is 0 Å². The Hall–Kier alpha value is -2.54. The molecule has 1 aromatic carbocycles. The van der Waals surface area contributed by atoms with E-state index in [0.717, 1.165) is 18.7 Å². The van der Waals surface area contributed by atoms with Gasteiger partial charge in [-0.05, 0) is 24.6 Å². The van der Waals surface area contributed by atoms with E-state index in [2.05, 4.69) is 15.7 Å². The maximum atomic E-state index is 11.9. The molecule has 1 fully saturated rings. The van der Waals surface area contributed by atoms with E-state index < -0.39 is 0 Å². The summed E-state index contributed by atoms with van der Waals surface area (Å²) in [6, 6.07) is 6.97. The monoisotopic (exact) mass is 347 g/mol. The van der Waals surface area contributed by atoms with Crippen LogP contribution in [0.5, 0.6) is 0 Å². The van der Waals surface area contributed by atoms with Gasteiger partial charge in [-0.2, -0.15) is 5.10 Å². The second kappa shape index (κ2) is 7.35. The highest BCUT2D eigenvalue weighted by atomic mass is 35.5. The smallest absolute Gasteiger partial charge is 0.319 e. The molecule has 0 spiro atoms. The number of nitrogens with one attached hydrogen (secondary N) is 2. The predicted molar refractivity (Wildman–Crippen MR) is 92.3 cm³/mol. The Morgan fingerprint density at radius 3 is 2.96 bits per heavy atom. The van der Waals surface area contributed by atoms with E-state index in [0.29, 0.717) is 30.2 Å². The first kappa shape index (κ1) is 16.3. The minimum absolute atomic E-state index is 0.120. The summed E-state index contributed by atoms with van der Waals surface area (Å²) >= 11 is 5.78. The summed E-state index contributed by atoms with van der Waals surface area (Å²) in [5.41, 5.74) is 1.45. The van der Waals surface area contributed by atoms with Gasteiger partial charge < -0.3 is 15.5 Å². The van der Waals surface area contributed by atoms with Crippen LogP contribution in [0.2, 0.25) is 5.02 Å². The van der Waals surface area contributed by atoms with E-state index in [4.69, 9.17) is 11.6 Å². The zero-order valence-corrected chi connectivity index (χ0v) is 13.8. The molecule has 1 aliphatic heterocycles. The Balaban J connectivity index is 1.51. The molecule has 0 aliphatic carbocycles. The lowest BCUT2D eigenvalue weighted by molar-refractivity contribution is -0.117. The summed E-state index contributed by atoms with van der Waals surface area (Å²) in [7, 11) is 0. The predicted octanol–water partition coefficient (Wildman–Crippen LogP) is 2.49. The van der Waals surface area contributed by atoms with Crippen LogP contribution in [-0.2, 0) is 11.3 Å². The number of hydrogen-bond acceptors (Lipinski definition) is 3. The minimum Gasteiger partial charge on any atom is -0.336 e. The Morgan fingerprint density at radius 1 is 1.38 bits per heavy atom. The Kier molecular flexibility index (Phi) is 5.00. The zero-order chi connectivity index (χ0) is 16.9. The second-order valence-corrected chi connectivity index (χ2v) is 5.94. The highest BCUT2D eigenvalue weighted by Gasteiger charge is 2.21. The molecule has 0 atom stereocenters. The van der Waals surface area contributed by atoms with E-state index in [1.807, 2.05) is 12.1 Å². The van der Waals surface area contributed by atoms with Gasteiger partial charge in [0.15, 0.2) is 0 Å².